The molecule has 0 bridgehead atoms. The van der Waals surface area contributed by atoms with E-state index in [2.05, 4.69) is 10.0 Å². The van der Waals surface area contributed by atoms with Crippen molar-refractivity contribution in [2.24, 2.45) is 0 Å². The molecule has 5 nitrogen and oxygen atoms in total. The van der Waals surface area contributed by atoms with Gasteiger partial charge in [0.15, 0.2) is 0 Å². The smallest absolute Gasteiger partial charge is 0.240 e. The van der Waals surface area contributed by atoms with Crippen molar-refractivity contribution in [3.05, 3.63) is 29.8 Å². The second-order valence-corrected chi connectivity index (χ2v) is 5.88. The van der Waals surface area contributed by atoms with Crippen LogP contribution in [0.25, 0.3) is 0 Å². The van der Waals surface area contributed by atoms with Gasteiger partial charge in [0.25, 0.3) is 0 Å². The minimum Gasteiger partial charge on any atom is -0.383 e. The van der Waals surface area contributed by atoms with Crippen molar-refractivity contribution in [2.75, 3.05) is 27.8 Å². The van der Waals surface area contributed by atoms with E-state index < -0.39 is 10.0 Å². The molecule has 18 heavy (non-hydrogen) atoms. The number of benzene rings is 1. The molecule has 0 spiro atoms. The fourth-order valence-electron chi connectivity index (χ4n) is 1.65. The lowest BCUT2D eigenvalue weighted by Gasteiger charge is -2.15. The van der Waals surface area contributed by atoms with E-state index in [4.69, 9.17) is 4.74 Å². The molecule has 2 N–H and O–H groups in total. The van der Waals surface area contributed by atoms with Gasteiger partial charge in [-0.25, -0.2) is 13.1 Å². The van der Waals surface area contributed by atoms with Crippen LogP contribution in [-0.4, -0.2) is 42.3 Å². The van der Waals surface area contributed by atoms with Crippen molar-refractivity contribution in [3.63, 3.8) is 0 Å². The van der Waals surface area contributed by atoms with E-state index in [9.17, 15) is 8.42 Å². The van der Waals surface area contributed by atoms with Crippen molar-refractivity contribution in [1.29, 1.82) is 0 Å². The van der Waals surface area contributed by atoms with Gasteiger partial charge in [0.05, 0.1) is 11.5 Å². The Bertz CT molecular complexity index is 457. The topological polar surface area (TPSA) is 67.4 Å². The van der Waals surface area contributed by atoms with Crippen LogP contribution in [0.2, 0.25) is 0 Å². The van der Waals surface area contributed by atoms with Crippen LogP contribution < -0.4 is 10.0 Å². The van der Waals surface area contributed by atoms with Gasteiger partial charge in [-0.1, -0.05) is 12.1 Å². The molecule has 0 aliphatic rings. The highest BCUT2D eigenvalue weighted by Gasteiger charge is 2.11. The largest absolute Gasteiger partial charge is 0.383 e. The maximum Gasteiger partial charge on any atom is 0.240 e. The number of methoxy groups -OCH3 is 1. The molecule has 1 rings (SSSR count). The zero-order valence-electron chi connectivity index (χ0n) is 10.9. The second kappa shape index (κ2) is 6.84. The quantitative estimate of drug-likeness (QED) is 0.752. The average Bonchev–Trinajstić information content (AvgIpc) is 2.39. The van der Waals surface area contributed by atoms with Crippen LogP contribution in [0.3, 0.4) is 0 Å². The number of sulfonamides is 1. The lowest BCUT2D eigenvalue weighted by Crippen LogP contribution is -2.32. The highest BCUT2D eigenvalue weighted by Crippen LogP contribution is 2.11. The minimum absolute atomic E-state index is 0.224. The summed E-state index contributed by atoms with van der Waals surface area (Å²) >= 11 is 0. The summed E-state index contributed by atoms with van der Waals surface area (Å²) in [6.07, 6.45) is 0.796. The first kappa shape index (κ1) is 15.1. The van der Waals surface area contributed by atoms with Gasteiger partial charge in [-0.3, -0.25) is 0 Å². The Balaban J connectivity index is 2.77. The maximum absolute atomic E-state index is 11.5. The van der Waals surface area contributed by atoms with E-state index in [1.54, 1.807) is 19.2 Å². The molecular weight excluding hydrogens is 252 g/mol. The van der Waals surface area contributed by atoms with E-state index in [-0.39, 0.29) is 10.9 Å². The standard InChI is InChI=1S/C12H20N2O3S/c1-13-11(9-17-3)8-10-4-6-12(7-5-10)18(15,16)14-2/h4-7,11,13-14H,8-9H2,1-3H3. The van der Waals surface area contributed by atoms with Gasteiger partial charge in [0.1, 0.15) is 0 Å². The van der Waals surface area contributed by atoms with Crippen molar-refractivity contribution < 1.29 is 13.2 Å². The number of rotatable bonds is 7. The third-order valence-corrected chi connectivity index (χ3v) is 4.19. The number of hydrogen-bond acceptors (Lipinski definition) is 4. The molecule has 1 aromatic carbocycles. The predicted molar refractivity (Wildman–Crippen MR) is 71.1 cm³/mol. The molecule has 0 aliphatic heterocycles. The molecule has 0 amide bonds. The maximum atomic E-state index is 11.5. The van der Waals surface area contributed by atoms with Crippen LogP contribution >= 0.6 is 0 Å². The molecule has 6 heteroatoms. The van der Waals surface area contributed by atoms with Crippen LogP contribution in [0, 0.1) is 0 Å². The highest BCUT2D eigenvalue weighted by atomic mass is 32.2. The van der Waals surface area contributed by atoms with Crippen LogP contribution in [0.5, 0.6) is 0 Å². The average molecular weight is 272 g/mol. The third kappa shape index (κ3) is 4.06. The van der Waals surface area contributed by atoms with Gasteiger partial charge < -0.3 is 10.1 Å². The Morgan fingerprint density at radius 3 is 2.28 bits per heavy atom. The number of ether oxygens (including phenoxy) is 1. The fourth-order valence-corrected chi connectivity index (χ4v) is 2.38. The first-order valence-electron chi connectivity index (χ1n) is 5.72. The third-order valence-electron chi connectivity index (χ3n) is 2.76. The van der Waals surface area contributed by atoms with Crippen LogP contribution in [0.15, 0.2) is 29.2 Å². The Hall–Kier alpha value is -0.950. The number of nitrogens with one attached hydrogen (secondary N) is 2. The van der Waals surface area contributed by atoms with Crippen molar-refractivity contribution in [2.45, 2.75) is 17.4 Å². The SMILES string of the molecule is CNC(COC)Cc1ccc(S(=O)(=O)NC)cc1. The lowest BCUT2D eigenvalue weighted by molar-refractivity contribution is 0.169. The second-order valence-electron chi connectivity index (χ2n) is 4.00. The van der Waals surface area contributed by atoms with Crippen molar-refractivity contribution in [3.8, 4) is 0 Å². The Labute approximate surface area is 109 Å². The van der Waals surface area contributed by atoms with Gasteiger partial charge in [0, 0.05) is 13.2 Å². The summed E-state index contributed by atoms with van der Waals surface area (Å²) < 4.78 is 30.5. The normalized spacial score (nSPS) is 13.5. The molecule has 0 heterocycles. The number of hydrogen-bond donors (Lipinski definition) is 2. The van der Waals surface area contributed by atoms with Gasteiger partial charge >= 0.3 is 0 Å². The summed E-state index contributed by atoms with van der Waals surface area (Å²) in [5.41, 5.74) is 1.07. The van der Waals surface area contributed by atoms with Crippen LogP contribution in [0.1, 0.15) is 5.56 Å². The molecule has 0 aliphatic carbocycles. The first-order chi connectivity index (χ1) is 8.53. The summed E-state index contributed by atoms with van der Waals surface area (Å²) in [6.45, 7) is 0.618. The predicted octanol–water partition coefficient (Wildman–Crippen LogP) is 0.372. The Morgan fingerprint density at radius 2 is 1.83 bits per heavy atom. The van der Waals surface area contributed by atoms with Gasteiger partial charge in [-0.05, 0) is 38.2 Å². The number of likely N-dealkylation sites (N-methyl/N-ethyl adjacent to an activating group) is 1. The van der Waals surface area contributed by atoms with Gasteiger partial charge in [0.2, 0.25) is 10.0 Å². The molecule has 0 aromatic heterocycles. The van der Waals surface area contributed by atoms with Crippen LogP contribution in [0.4, 0.5) is 0 Å². The molecule has 0 fully saturated rings. The van der Waals surface area contributed by atoms with Gasteiger partial charge in [-0.2, -0.15) is 0 Å². The van der Waals surface area contributed by atoms with E-state index in [0.29, 0.717) is 6.61 Å². The summed E-state index contributed by atoms with van der Waals surface area (Å²) in [4.78, 5) is 0.279. The lowest BCUT2D eigenvalue weighted by atomic mass is 10.1. The Kier molecular flexibility index (Phi) is 5.74. The zero-order valence-corrected chi connectivity index (χ0v) is 11.8. The zero-order chi connectivity index (χ0) is 13.6. The molecular formula is C12H20N2O3S. The highest BCUT2D eigenvalue weighted by molar-refractivity contribution is 7.89. The summed E-state index contributed by atoms with van der Waals surface area (Å²) in [5, 5.41) is 3.15. The first-order valence-corrected chi connectivity index (χ1v) is 7.20. The molecule has 1 atom stereocenters. The van der Waals surface area contributed by atoms with Gasteiger partial charge in [-0.15, -0.1) is 0 Å². The van der Waals surface area contributed by atoms with E-state index in [1.807, 2.05) is 19.2 Å². The van der Waals surface area contributed by atoms with E-state index in [0.717, 1.165) is 12.0 Å². The summed E-state index contributed by atoms with van der Waals surface area (Å²) in [6, 6.07) is 7.09. The molecule has 1 aromatic rings. The Morgan fingerprint density at radius 1 is 1.22 bits per heavy atom. The monoisotopic (exact) mass is 272 g/mol. The fraction of sp³-hybridized carbons (Fsp3) is 0.500. The molecule has 1 unspecified atom stereocenters. The van der Waals surface area contributed by atoms with E-state index in [1.165, 1.54) is 7.05 Å². The molecule has 102 valence electrons. The van der Waals surface area contributed by atoms with Crippen molar-refractivity contribution >= 4 is 10.0 Å². The van der Waals surface area contributed by atoms with Crippen molar-refractivity contribution in [1.82, 2.24) is 10.0 Å². The molecule has 0 radical (unpaired) electrons. The molecule has 0 saturated carbocycles. The van der Waals surface area contributed by atoms with E-state index >= 15 is 0 Å². The molecule has 0 saturated heterocycles. The minimum atomic E-state index is -3.35. The summed E-state index contributed by atoms with van der Waals surface area (Å²) in [5.74, 6) is 0. The van der Waals surface area contributed by atoms with Crippen LogP contribution in [-0.2, 0) is 21.2 Å². The summed E-state index contributed by atoms with van der Waals surface area (Å²) in [7, 11) is 1.59.